The third-order valence-corrected chi connectivity index (χ3v) is 4.07. The van der Waals surface area contributed by atoms with Crippen molar-refractivity contribution in [1.29, 1.82) is 0 Å². The van der Waals surface area contributed by atoms with Crippen LogP contribution in [0.1, 0.15) is 29.9 Å². The molecular formula is C14H17N3O3. The zero-order valence-corrected chi connectivity index (χ0v) is 11.5. The summed E-state index contributed by atoms with van der Waals surface area (Å²) in [7, 11) is 0. The second-order valence-corrected chi connectivity index (χ2v) is 5.54. The fourth-order valence-corrected chi connectivity index (χ4v) is 3.19. The Morgan fingerprint density at radius 1 is 1.35 bits per heavy atom. The van der Waals surface area contributed by atoms with Crippen LogP contribution in [0.5, 0.6) is 0 Å². The van der Waals surface area contributed by atoms with Gasteiger partial charge >= 0.3 is 6.09 Å². The molecule has 0 spiro atoms. The van der Waals surface area contributed by atoms with Crippen LogP contribution in [0, 0.1) is 0 Å². The maximum Gasteiger partial charge on any atom is 0.407 e. The Balaban J connectivity index is 1.94. The van der Waals surface area contributed by atoms with Crippen LogP contribution >= 0.6 is 0 Å². The van der Waals surface area contributed by atoms with E-state index in [2.05, 4.69) is 9.88 Å². The number of carbonyl (C=O) groups is 2. The summed E-state index contributed by atoms with van der Waals surface area (Å²) >= 11 is 0. The van der Waals surface area contributed by atoms with Crippen molar-refractivity contribution in [1.82, 2.24) is 9.88 Å². The van der Waals surface area contributed by atoms with Crippen LogP contribution in [0.4, 0.5) is 10.6 Å². The van der Waals surface area contributed by atoms with Gasteiger partial charge in [-0.15, -0.1) is 0 Å². The quantitative estimate of drug-likeness (QED) is 0.784. The standard InChI is InChI=1S/C14H17N3O3/c1-8-6-16(14(19)20)7-11-5-10-3-4-12(9(2)18)15-13(10)17(8)11/h3-4,8,11H,5-7H2,1-2H3,(H,19,20). The molecule has 6 heteroatoms. The summed E-state index contributed by atoms with van der Waals surface area (Å²) in [6.07, 6.45) is -0.0842. The third-order valence-electron chi connectivity index (χ3n) is 4.07. The molecule has 0 aromatic carbocycles. The van der Waals surface area contributed by atoms with Crippen molar-refractivity contribution in [3.63, 3.8) is 0 Å². The van der Waals surface area contributed by atoms with Gasteiger partial charge in [-0.3, -0.25) is 4.79 Å². The zero-order valence-electron chi connectivity index (χ0n) is 11.5. The lowest BCUT2D eigenvalue weighted by molar-refractivity contribution is 0.101. The number of amides is 1. The number of Topliss-reactive ketones (excluding diaryl/α,β-unsaturated/α-hetero) is 1. The first-order chi connectivity index (χ1) is 9.47. The topological polar surface area (TPSA) is 73.7 Å². The number of carbonyl (C=O) groups excluding carboxylic acids is 1. The molecule has 2 atom stereocenters. The Labute approximate surface area is 117 Å². The highest BCUT2D eigenvalue weighted by atomic mass is 16.4. The van der Waals surface area contributed by atoms with Crippen molar-refractivity contribution in [2.45, 2.75) is 32.4 Å². The van der Waals surface area contributed by atoms with Crippen LogP contribution in [-0.4, -0.2) is 52.0 Å². The van der Waals surface area contributed by atoms with Crippen LogP contribution in [0.2, 0.25) is 0 Å². The molecular weight excluding hydrogens is 258 g/mol. The van der Waals surface area contributed by atoms with Crippen molar-refractivity contribution in [2.24, 2.45) is 0 Å². The molecule has 3 rings (SSSR count). The predicted molar refractivity (Wildman–Crippen MR) is 73.3 cm³/mol. The third kappa shape index (κ3) is 1.92. The van der Waals surface area contributed by atoms with Crippen molar-refractivity contribution in [3.05, 3.63) is 23.4 Å². The molecule has 2 unspecified atom stereocenters. The zero-order chi connectivity index (χ0) is 14.4. The molecule has 1 amide bonds. The van der Waals surface area contributed by atoms with Gasteiger partial charge in [-0.25, -0.2) is 9.78 Å². The van der Waals surface area contributed by atoms with Gasteiger partial charge in [0.15, 0.2) is 5.78 Å². The minimum atomic E-state index is -0.871. The molecule has 0 bridgehead atoms. The number of ketones is 1. The molecule has 0 saturated carbocycles. The number of aromatic nitrogens is 1. The fraction of sp³-hybridized carbons (Fsp3) is 0.500. The van der Waals surface area contributed by atoms with Gasteiger partial charge in [0.05, 0.1) is 6.04 Å². The molecule has 2 aliphatic heterocycles. The summed E-state index contributed by atoms with van der Waals surface area (Å²) in [4.78, 5) is 30.7. The van der Waals surface area contributed by atoms with Gasteiger partial charge < -0.3 is 14.9 Å². The lowest BCUT2D eigenvalue weighted by Crippen LogP contribution is -2.58. The number of carboxylic acid groups (broad SMARTS) is 1. The van der Waals surface area contributed by atoms with Gasteiger partial charge in [-0.1, -0.05) is 6.07 Å². The Morgan fingerprint density at radius 3 is 2.75 bits per heavy atom. The first-order valence-electron chi connectivity index (χ1n) is 6.74. The summed E-state index contributed by atoms with van der Waals surface area (Å²) < 4.78 is 0. The van der Waals surface area contributed by atoms with E-state index in [1.54, 1.807) is 6.07 Å². The summed E-state index contributed by atoms with van der Waals surface area (Å²) in [6, 6.07) is 3.88. The Morgan fingerprint density at radius 2 is 2.10 bits per heavy atom. The van der Waals surface area contributed by atoms with E-state index in [0.717, 1.165) is 17.8 Å². The number of fused-ring (bicyclic) bond motifs is 3. The SMILES string of the molecule is CC(=O)c1ccc2c(n1)N1C(C)CN(C(=O)O)CC1C2. The number of pyridine rings is 1. The average molecular weight is 275 g/mol. The highest BCUT2D eigenvalue weighted by molar-refractivity contribution is 5.92. The first kappa shape index (κ1) is 12.9. The summed E-state index contributed by atoms with van der Waals surface area (Å²) in [5.74, 6) is 0.799. The Bertz CT molecular complexity index is 587. The van der Waals surface area contributed by atoms with Gasteiger partial charge in [-0.2, -0.15) is 0 Å². The van der Waals surface area contributed by atoms with E-state index in [0.29, 0.717) is 18.8 Å². The van der Waals surface area contributed by atoms with Crippen LogP contribution < -0.4 is 4.90 Å². The maximum absolute atomic E-state index is 11.5. The molecule has 106 valence electrons. The lowest BCUT2D eigenvalue weighted by atomic mass is 10.1. The van der Waals surface area contributed by atoms with Crippen LogP contribution in [0.3, 0.4) is 0 Å². The normalized spacial score (nSPS) is 24.3. The van der Waals surface area contributed by atoms with E-state index < -0.39 is 6.09 Å². The summed E-state index contributed by atoms with van der Waals surface area (Å²) in [5.41, 5.74) is 1.57. The fourth-order valence-electron chi connectivity index (χ4n) is 3.19. The van der Waals surface area contributed by atoms with Gasteiger partial charge in [0.25, 0.3) is 0 Å². The molecule has 3 heterocycles. The van der Waals surface area contributed by atoms with Crippen molar-refractivity contribution >= 4 is 17.7 Å². The maximum atomic E-state index is 11.5. The predicted octanol–water partition coefficient (Wildman–Crippen LogP) is 1.40. The van der Waals surface area contributed by atoms with E-state index in [-0.39, 0.29) is 17.9 Å². The molecule has 1 saturated heterocycles. The minimum Gasteiger partial charge on any atom is -0.465 e. The van der Waals surface area contributed by atoms with E-state index in [4.69, 9.17) is 5.11 Å². The Kier molecular flexibility index (Phi) is 2.88. The van der Waals surface area contributed by atoms with Gasteiger partial charge in [0.2, 0.25) is 0 Å². The van der Waals surface area contributed by atoms with E-state index in [1.165, 1.54) is 11.8 Å². The highest BCUT2D eigenvalue weighted by Crippen LogP contribution is 2.35. The van der Waals surface area contributed by atoms with E-state index in [9.17, 15) is 9.59 Å². The number of anilines is 1. The van der Waals surface area contributed by atoms with Crippen molar-refractivity contribution in [2.75, 3.05) is 18.0 Å². The second-order valence-electron chi connectivity index (χ2n) is 5.54. The molecule has 0 aliphatic carbocycles. The van der Waals surface area contributed by atoms with Gasteiger partial charge in [-0.05, 0) is 25.0 Å². The number of rotatable bonds is 1. The molecule has 20 heavy (non-hydrogen) atoms. The summed E-state index contributed by atoms with van der Waals surface area (Å²) in [5, 5.41) is 9.16. The summed E-state index contributed by atoms with van der Waals surface area (Å²) in [6.45, 7) is 4.47. The first-order valence-corrected chi connectivity index (χ1v) is 6.74. The van der Waals surface area contributed by atoms with Gasteiger partial charge in [0, 0.05) is 26.1 Å². The van der Waals surface area contributed by atoms with E-state index >= 15 is 0 Å². The van der Waals surface area contributed by atoms with Crippen LogP contribution in [0.25, 0.3) is 0 Å². The number of hydrogen-bond donors (Lipinski definition) is 1. The number of nitrogens with zero attached hydrogens (tertiary/aromatic N) is 3. The van der Waals surface area contributed by atoms with Gasteiger partial charge in [0.1, 0.15) is 11.5 Å². The average Bonchev–Trinajstić information content (AvgIpc) is 2.75. The van der Waals surface area contributed by atoms with Crippen molar-refractivity contribution in [3.8, 4) is 0 Å². The molecule has 1 aromatic rings. The van der Waals surface area contributed by atoms with Crippen LogP contribution in [0.15, 0.2) is 12.1 Å². The number of piperazine rings is 1. The smallest absolute Gasteiger partial charge is 0.407 e. The molecule has 1 aromatic heterocycles. The minimum absolute atomic E-state index is 0.0481. The largest absolute Gasteiger partial charge is 0.465 e. The monoisotopic (exact) mass is 275 g/mol. The lowest BCUT2D eigenvalue weighted by Gasteiger charge is -2.42. The highest BCUT2D eigenvalue weighted by Gasteiger charge is 2.40. The van der Waals surface area contributed by atoms with Crippen LogP contribution in [-0.2, 0) is 6.42 Å². The Hall–Kier alpha value is -2.11. The molecule has 0 radical (unpaired) electrons. The number of hydrogen-bond acceptors (Lipinski definition) is 4. The molecule has 6 nitrogen and oxygen atoms in total. The van der Waals surface area contributed by atoms with Crippen molar-refractivity contribution < 1.29 is 14.7 Å². The van der Waals surface area contributed by atoms with E-state index in [1.807, 2.05) is 13.0 Å². The second kappa shape index (κ2) is 4.47. The molecule has 1 fully saturated rings. The molecule has 1 N–H and O–H groups in total. The molecule has 2 aliphatic rings.